The minimum atomic E-state index is -0.650. The fourth-order valence-corrected chi connectivity index (χ4v) is 4.28. The van der Waals surface area contributed by atoms with Gasteiger partial charge in [-0.3, -0.25) is 14.5 Å². The molecule has 0 unspecified atom stereocenters. The molecule has 1 aliphatic rings. The summed E-state index contributed by atoms with van der Waals surface area (Å²) >= 11 is 0.986. The Hall–Kier alpha value is -3.05. The standard InChI is InChI=1S/C19H24N6O4S/c1-3-29-18(28)14-12(2)15(16(20)27)30-17(14)23-13(26)11-24-7-9-25(10-8-24)19-21-5-4-6-22-19/h4-6H,3,7-11H2,1-2H3,(H2,20,27)(H,23,26). The van der Waals surface area contributed by atoms with E-state index in [1.54, 1.807) is 32.3 Å². The van der Waals surface area contributed by atoms with Gasteiger partial charge in [-0.2, -0.15) is 0 Å². The molecular weight excluding hydrogens is 408 g/mol. The maximum atomic E-state index is 12.6. The summed E-state index contributed by atoms with van der Waals surface area (Å²) in [5.74, 6) is -0.843. The van der Waals surface area contributed by atoms with Crippen LogP contribution in [0.1, 0.15) is 32.5 Å². The molecule has 0 atom stereocenters. The number of nitrogens with two attached hydrogens (primary N) is 1. The Balaban J connectivity index is 1.63. The number of anilines is 2. The van der Waals surface area contributed by atoms with E-state index >= 15 is 0 Å². The number of nitrogens with one attached hydrogen (secondary N) is 1. The average Bonchev–Trinajstić information content (AvgIpc) is 3.05. The van der Waals surface area contributed by atoms with Crippen molar-refractivity contribution in [3.8, 4) is 0 Å². The van der Waals surface area contributed by atoms with Crippen LogP contribution in [0.2, 0.25) is 0 Å². The lowest BCUT2D eigenvalue weighted by Gasteiger charge is -2.34. The monoisotopic (exact) mass is 432 g/mol. The zero-order chi connectivity index (χ0) is 21.7. The van der Waals surface area contributed by atoms with Crippen LogP contribution in [0.25, 0.3) is 0 Å². The second-order valence-corrected chi connectivity index (χ2v) is 7.73. The van der Waals surface area contributed by atoms with Crippen molar-refractivity contribution in [2.75, 3.05) is 49.5 Å². The van der Waals surface area contributed by atoms with Crippen LogP contribution in [0.4, 0.5) is 10.9 Å². The third-order valence-electron chi connectivity index (χ3n) is 4.68. The molecule has 0 aliphatic carbocycles. The van der Waals surface area contributed by atoms with Gasteiger partial charge in [-0.15, -0.1) is 11.3 Å². The fraction of sp³-hybridized carbons (Fsp3) is 0.421. The summed E-state index contributed by atoms with van der Waals surface area (Å²) in [5, 5.41) is 3.03. The predicted octanol–water partition coefficient (Wildman–Crippen LogP) is 0.883. The third-order valence-corrected chi connectivity index (χ3v) is 5.90. The van der Waals surface area contributed by atoms with Crippen molar-refractivity contribution in [2.45, 2.75) is 13.8 Å². The fourth-order valence-electron chi connectivity index (χ4n) is 3.22. The van der Waals surface area contributed by atoms with Gasteiger partial charge in [0, 0.05) is 38.6 Å². The first kappa shape index (κ1) is 21.7. The van der Waals surface area contributed by atoms with Gasteiger partial charge in [-0.05, 0) is 25.5 Å². The van der Waals surface area contributed by atoms with Gasteiger partial charge >= 0.3 is 5.97 Å². The Bertz CT molecular complexity index is 925. The van der Waals surface area contributed by atoms with E-state index in [9.17, 15) is 14.4 Å². The molecule has 0 saturated carbocycles. The molecule has 0 spiro atoms. The average molecular weight is 433 g/mol. The Kier molecular flexibility index (Phi) is 6.95. The molecule has 160 valence electrons. The first-order valence-electron chi connectivity index (χ1n) is 9.55. The van der Waals surface area contributed by atoms with E-state index in [1.165, 1.54) is 0 Å². The molecule has 1 fully saturated rings. The summed E-state index contributed by atoms with van der Waals surface area (Å²) < 4.78 is 5.06. The number of hydrogen-bond donors (Lipinski definition) is 2. The van der Waals surface area contributed by atoms with Crippen LogP contribution in [0.5, 0.6) is 0 Å². The van der Waals surface area contributed by atoms with Crippen molar-refractivity contribution in [1.82, 2.24) is 14.9 Å². The second kappa shape index (κ2) is 9.63. The molecule has 0 aromatic carbocycles. The number of piperazine rings is 1. The van der Waals surface area contributed by atoms with Crippen molar-refractivity contribution >= 4 is 40.1 Å². The molecule has 30 heavy (non-hydrogen) atoms. The van der Waals surface area contributed by atoms with E-state index in [0.717, 1.165) is 11.3 Å². The lowest BCUT2D eigenvalue weighted by atomic mass is 10.1. The maximum Gasteiger partial charge on any atom is 0.341 e. The number of amides is 2. The van der Waals surface area contributed by atoms with Gasteiger partial charge in [0.15, 0.2) is 0 Å². The third kappa shape index (κ3) is 4.92. The van der Waals surface area contributed by atoms with Gasteiger partial charge < -0.3 is 20.7 Å². The molecule has 0 bridgehead atoms. The Labute approximate surface area is 178 Å². The SMILES string of the molecule is CCOC(=O)c1c(NC(=O)CN2CCN(c3ncccn3)CC2)sc(C(N)=O)c1C. The number of carbonyl (C=O) groups excluding carboxylic acids is 3. The summed E-state index contributed by atoms with van der Waals surface area (Å²) in [6.07, 6.45) is 3.40. The topological polar surface area (TPSA) is 131 Å². The number of ether oxygens (including phenoxy) is 1. The number of hydrogen-bond acceptors (Lipinski definition) is 9. The minimum absolute atomic E-state index is 0.161. The number of primary amides is 1. The Morgan fingerprint density at radius 1 is 1.20 bits per heavy atom. The van der Waals surface area contributed by atoms with Gasteiger partial charge in [0.2, 0.25) is 11.9 Å². The van der Waals surface area contributed by atoms with Gasteiger partial charge in [0.05, 0.1) is 23.6 Å². The molecule has 11 heteroatoms. The summed E-state index contributed by atoms with van der Waals surface area (Å²) in [5.41, 5.74) is 5.99. The first-order valence-corrected chi connectivity index (χ1v) is 10.4. The van der Waals surface area contributed by atoms with Gasteiger partial charge in [-0.1, -0.05) is 0 Å². The van der Waals surface area contributed by atoms with E-state index in [0.29, 0.717) is 37.7 Å². The minimum Gasteiger partial charge on any atom is -0.462 e. The number of thiophene rings is 1. The van der Waals surface area contributed by atoms with Crippen LogP contribution in [0.15, 0.2) is 18.5 Å². The number of esters is 1. The predicted molar refractivity (Wildman–Crippen MR) is 113 cm³/mol. The molecule has 3 heterocycles. The first-order chi connectivity index (χ1) is 14.4. The molecule has 1 aliphatic heterocycles. The normalized spacial score (nSPS) is 14.4. The van der Waals surface area contributed by atoms with Crippen LogP contribution < -0.4 is 16.0 Å². The van der Waals surface area contributed by atoms with Gasteiger partial charge in [0.25, 0.3) is 5.91 Å². The zero-order valence-electron chi connectivity index (χ0n) is 16.9. The van der Waals surface area contributed by atoms with Crippen LogP contribution >= 0.6 is 11.3 Å². The second-order valence-electron chi connectivity index (χ2n) is 6.71. The summed E-state index contributed by atoms with van der Waals surface area (Å²) in [6.45, 7) is 6.40. The summed E-state index contributed by atoms with van der Waals surface area (Å²) in [7, 11) is 0. The van der Waals surface area contributed by atoms with Crippen molar-refractivity contribution < 1.29 is 19.1 Å². The number of rotatable bonds is 7. The van der Waals surface area contributed by atoms with Crippen LogP contribution in [-0.4, -0.2) is 72.0 Å². The molecule has 1 saturated heterocycles. The molecule has 3 N–H and O–H groups in total. The highest BCUT2D eigenvalue weighted by atomic mass is 32.1. The molecule has 2 aromatic rings. The van der Waals surface area contributed by atoms with Crippen molar-refractivity contribution in [1.29, 1.82) is 0 Å². The van der Waals surface area contributed by atoms with Gasteiger partial charge in [0.1, 0.15) is 5.00 Å². The highest BCUT2D eigenvalue weighted by molar-refractivity contribution is 7.18. The molecular formula is C19H24N6O4S. The van der Waals surface area contributed by atoms with E-state index in [2.05, 4.69) is 20.2 Å². The Morgan fingerprint density at radius 2 is 1.87 bits per heavy atom. The Morgan fingerprint density at radius 3 is 2.47 bits per heavy atom. The highest BCUT2D eigenvalue weighted by Crippen LogP contribution is 2.33. The van der Waals surface area contributed by atoms with Crippen LogP contribution in [-0.2, 0) is 9.53 Å². The number of carbonyl (C=O) groups is 3. The van der Waals surface area contributed by atoms with E-state index in [-0.39, 0.29) is 34.5 Å². The molecule has 10 nitrogen and oxygen atoms in total. The van der Waals surface area contributed by atoms with E-state index < -0.39 is 11.9 Å². The van der Waals surface area contributed by atoms with Crippen LogP contribution in [0.3, 0.4) is 0 Å². The van der Waals surface area contributed by atoms with Gasteiger partial charge in [-0.25, -0.2) is 14.8 Å². The number of aromatic nitrogens is 2. The molecule has 2 amide bonds. The van der Waals surface area contributed by atoms with Crippen molar-refractivity contribution in [3.05, 3.63) is 34.5 Å². The lowest BCUT2D eigenvalue weighted by Crippen LogP contribution is -2.49. The smallest absolute Gasteiger partial charge is 0.341 e. The molecule has 0 radical (unpaired) electrons. The van der Waals surface area contributed by atoms with Crippen molar-refractivity contribution in [3.63, 3.8) is 0 Å². The zero-order valence-corrected chi connectivity index (χ0v) is 17.7. The summed E-state index contributed by atoms with van der Waals surface area (Å²) in [6, 6.07) is 1.77. The maximum absolute atomic E-state index is 12.6. The number of nitrogens with zero attached hydrogens (tertiary/aromatic N) is 4. The van der Waals surface area contributed by atoms with Crippen molar-refractivity contribution in [2.24, 2.45) is 5.73 Å². The van der Waals surface area contributed by atoms with E-state index in [1.807, 2.05) is 4.90 Å². The van der Waals surface area contributed by atoms with Crippen LogP contribution in [0, 0.1) is 6.92 Å². The molecule has 2 aromatic heterocycles. The highest BCUT2D eigenvalue weighted by Gasteiger charge is 2.27. The molecule has 3 rings (SSSR count). The summed E-state index contributed by atoms with van der Waals surface area (Å²) in [4.78, 5) is 49.4. The quantitative estimate of drug-likeness (QED) is 0.617. The van der Waals surface area contributed by atoms with E-state index in [4.69, 9.17) is 10.5 Å². The largest absolute Gasteiger partial charge is 0.462 e. The lowest BCUT2D eigenvalue weighted by molar-refractivity contribution is -0.117.